The quantitative estimate of drug-likeness (QED) is 0.762. The first kappa shape index (κ1) is 15.3. The zero-order chi connectivity index (χ0) is 15.2. The van der Waals surface area contributed by atoms with Gasteiger partial charge in [-0.3, -0.25) is 15.0 Å². The highest BCUT2D eigenvalue weighted by atomic mass is 16.5. The molecule has 0 aliphatic carbocycles. The van der Waals surface area contributed by atoms with Crippen LogP contribution in [0.25, 0.3) is 0 Å². The van der Waals surface area contributed by atoms with Crippen LogP contribution in [0.3, 0.4) is 0 Å². The molecule has 114 valence electrons. The monoisotopic (exact) mass is 292 g/mol. The number of hydrogen-bond acceptors (Lipinski definition) is 5. The number of hydrazine groups is 1. The smallest absolute Gasteiger partial charge is 0.323 e. The predicted octanol–water partition coefficient (Wildman–Crippen LogP) is -0.0877. The number of nitrogens with zero attached hydrogens (tertiary/aromatic N) is 2. The first-order chi connectivity index (χ1) is 10.1. The normalized spacial score (nSPS) is 16.3. The minimum atomic E-state index is -0.681. The number of carbonyl (C=O) groups excluding carboxylic acids is 2. The summed E-state index contributed by atoms with van der Waals surface area (Å²) < 4.78 is 5.03. The van der Waals surface area contributed by atoms with Gasteiger partial charge in [0, 0.05) is 31.9 Å². The first-order valence-corrected chi connectivity index (χ1v) is 6.78. The van der Waals surface area contributed by atoms with Gasteiger partial charge in [-0.15, -0.1) is 0 Å². The topological polar surface area (TPSA) is 73.9 Å². The van der Waals surface area contributed by atoms with E-state index in [0.717, 1.165) is 13.1 Å². The van der Waals surface area contributed by atoms with Crippen LogP contribution in [-0.2, 0) is 9.59 Å². The Bertz CT molecular complexity index is 495. The third-order valence-electron chi connectivity index (χ3n) is 3.32. The van der Waals surface area contributed by atoms with Crippen molar-refractivity contribution in [2.24, 2.45) is 0 Å². The van der Waals surface area contributed by atoms with Crippen LogP contribution in [0, 0.1) is 0 Å². The lowest BCUT2D eigenvalue weighted by Crippen LogP contribution is -2.54. The van der Waals surface area contributed by atoms with E-state index < -0.39 is 11.8 Å². The van der Waals surface area contributed by atoms with Crippen LogP contribution in [0.15, 0.2) is 24.3 Å². The molecule has 1 fully saturated rings. The lowest BCUT2D eigenvalue weighted by atomic mass is 10.3. The second-order valence-electron chi connectivity index (χ2n) is 4.91. The van der Waals surface area contributed by atoms with E-state index in [1.165, 1.54) is 0 Å². The average Bonchev–Trinajstić information content (AvgIpc) is 2.50. The van der Waals surface area contributed by atoms with Gasteiger partial charge in [0.25, 0.3) is 0 Å². The molecular weight excluding hydrogens is 272 g/mol. The van der Waals surface area contributed by atoms with Crippen molar-refractivity contribution in [1.29, 1.82) is 0 Å². The molecule has 0 spiro atoms. The molecule has 0 atom stereocenters. The Hall–Kier alpha value is -2.12. The van der Waals surface area contributed by atoms with Crippen molar-refractivity contribution < 1.29 is 14.3 Å². The van der Waals surface area contributed by atoms with Crippen LogP contribution in [0.1, 0.15) is 0 Å². The Balaban J connectivity index is 1.83. The van der Waals surface area contributed by atoms with Crippen molar-refractivity contribution in [3.05, 3.63) is 24.3 Å². The number of hydrogen-bond donors (Lipinski definition) is 2. The predicted molar refractivity (Wildman–Crippen MR) is 78.8 cm³/mol. The highest BCUT2D eigenvalue weighted by molar-refractivity contribution is 6.39. The minimum absolute atomic E-state index is 0.550. The maximum atomic E-state index is 11.8. The summed E-state index contributed by atoms with van der Waals surface area (Å²) in [5.74, 6) is -0.649. The second kappa shape index (κ2) is 7.05. The molecule has 1 aliphatic rings. The summed E-state index contributed by atoms with van der Waals surface area (Å²) >= 11 is 0. The van der Waals surface area contributed by atoms with Crippen LogP contribution in [-0.4, -0.2) is 62.1 Å². The Labute approximate surface area is 123 Å². The van der Waals surface area contributed by atoms with Crippen LogP contribution in [0.5, 0.6) is 5.75 Å². The number of benzene rings is 1. The number of amides is 2. The molecule has 7 nitrogen and oxygen atoms in total. The zero-order valence-electron chi connectivity index (χ0n) is 12.3. The highest BCUT2D eigenvalue weighted by Gasteiger charge is 2.20. The number of methoxy groups -OCH3 is 1. The molecule has 21 heavy (non-hydrogen) atoms. The van der Waals surface area contributed by atoms with Crippen molar-refractivity contribution in [3.8, 4) is 5.75 Å². The van der Waals surface area contributed by atoms with E-state index in [1.807, 2.05) is 7.05 Å². The maximum absolute atomic E-state index is 11.8. The largest absolute Gasteiger partial charge is 0.497 e. The number of nitrogens with one attached hydrogen (secondary N) is 2. The van der Waals surface area contributed by atoms with E-state index in [1.54, 1.807) is 36.4 Å². The number of rotatable bonds is 3. The van der Waals surface area contributed by atoms with Crippen molar-refractivity contribution in [2.75, 3.05) is 45.7 Å². The number of anilines is 1. The summed E-state index contributed by atoms with van der Waals surface area (Å²) in [6.45, 7) is 3.14. The minimum Gasteiger partial charge on any atom is -0.497 e. The van der Waals surface area contributed by atoms with E-state index >= 15 is 0 Å². The standard InChI is InChI=1S/C14H20N4O3/c1-17-7-9-18(10-8-17)16-14(20)13(19)15-11-3-5-12(21-2)6-4-11/h3-6H,7-10H2,1-2H3,(H,15,19)(H,16,20). The number of carbonyl (C=O) groups is 2. The average molecular weight is 292 g/mol. The van der Waals surface area contributed by atoms with Crippen molar-refractivity contribution in [1.82, 2.24) is 15.3 Å². The fraction of sp³-hybridized carbons (Fsp3) is 0.429. The number of likely N-dealkylation sites (N-methyl/N-ethyl adjacent to an activating group) is 1. The molecule has 0 aromatic heterocycles. The number of piperazine rings is 1. The highest BCUT2D eigenvalue weighted by Crippen LogP contribution is 2.14. The Morgan fingerprint density at radius 3 is 2.24 bits per heavy atom. The lowest BCUT2D eigenvalue weighted by Gasteiger charge is -2.32. The van der Waals surface area contributed by atoms with Gasteiger partial charge in [-0.25, -0.2) is 5.01 Å². The second-order valence-corrected chi connectivity index (χ2v) is 4.91. The van der Waals surface area contributed by atoms with Gasteiger partial charge in [-0.2, -0.15) is 0 Å². The molecule has 0 unspecified atom stereocenters. The summed E-state index contributed by atoms with van der Waals surface area (Å²) in [5, 5.41) is 4.31. The van der Waals surface area contributed by atoms with E-state index in [4.69, 9.17) is 4.74 Å². The van der Waals surface area contributed by atoms with E-state index in [2.05, 4.69) is 15.6 Å². The van der Waals surface area contributed by atoms with Crippen LogP contribution in [0.2, 0.25) is 0 Å². The van der Waals surface area contributed by atoms with Crippen LogP contribution in [0.4, 0.5) is 5.69 Å². The van der Waals surface area contributed by atoms with Crippen LogP contribution < -0.4 is 15.5 Å². The van der Waals surface area contributed by atoms with Gasteiger partial charge >= 0.3 is 11.8 Å². The summed E-state index contributed by atoms with van der Waals surface area (Å²) in [5.41, 5.74) is 3.16. The Morgan fingerprint density at radius 1 is 1.05 bits per heavy atom. The van der Waals surface area contributed by atoms with Gasteiger partial charge in [0.1, 0.15) is 5.75 Å². The fourth-order valence-corrected chi connectivity index (χ4v) is 1.97. The molecule has 1 saturated heterocycles. The Morgan fingerprint density at radius 2 is 1.67 bits per heavy atom. The fourth-order valence-electron chi connectivity index (χ4n) is 1.97. The summed E-state index contributed by atoms with van der Waals surface area (Å²) in [6.07, 6.45) is 0. The maximum Gasteiger partial charge on any atom is 0.323 e. The summed E-state index contributed by atoms with van der Waals surface area (Å²) in [4.78, 5) is 25.8. The van der Waals surface area contributed by atoms with E-state index in [-0.39, 0.29) is 0 Å². The molecule has 0 saturated carbocycles. The van der Waals surface area contributed by atoms with E-state index in [0.29, 0.717) is 24.5 Å². The third-order valence-corrected chi connectivity index (χ3v) is 3.32. The molecule has 2 N–H and O–H groups in total. The van der Waals surface area contributed by atoms with Crippen LogP contribution >= 0.6 is 0 Å². The zero-order valence-corrected chi connectivity index (χ0v) is 12.3. The van der Waals surface area contributed by atoms with Crippen molar-refractivity contribution in [2.45, 2.75) is 0 Å². The molecule has 1 heterocycles. The van der Waals surface area contributed by atoms with Gasteiger partial charge in [0.2, 0.25) is 0 Å². The lowest BCUT2D eigenvalue weighted by molar-refractivity contribution is -0.139. The SMILES string of the molecule is COc1ccc(NC(=O)C(=O)NN2CCN(C)CC2)cc1. The van der Waals surface area contributed by atoms with Gasteiger partial charge in [-0.1, -0.05) is 0 Å². The molecule has 0 radical (unpaired) electrons. The summed E-state index contributed by atoms with van der Waals surface area (Å²) in [6, 6.07) is 6.79. The van der Waals surface area contributed by atoms with Gasteiger partial charge in [0.05, 0.1) is 7.11 Å². The molecule has 2 amide bonds. The number of ether oxygens (including phenoxy) is 1. The summed E-state index contributed by atoms with van der Waals surface area (Å²) in [7, 11) is 3.59. The molecule has 1 aromatic carbocycles. The molecule has 0 bridgehead atoms. The third kappa shape index (κ3) is 4.44. The molecule has 7 heteroatoms. The van der Waals surface area contributed by atoms with E-state index in [9.17, 15) is 9.59 Å². The van der Waals surface area contributed by atoms with Gasteiger partial charge in [0.15, 0.2) is 0 Å². The Kier molecular flexibility index (Phi) is 5.13. The molecular formula is C14H20N4O3. The van der Waals surface area contributed by atoms with Crippen molar-refractivity contribution in [3.63, 3.8) is 0 Å². The van der Waals surface area contributed by atoms with Gasteiger partial charge in [-0.05, 0) is 31.3 Å². The molecule has 1 aromatic rings. The van der Waals surface area contributed by atoms with Crippen molar-refractivity contribution >= 4 is 17.5 Å². The van der Waals surface area contributed by atoms with Gasteiger partial charge < -0.3 is 15.0 Å². The molecule has 1 aliphatic heterocycles. The first-order valence-electron chi connectivity index (χ1n) is 6.78. The molecule has 2 rings (SSSR count).